The van der Waals surface area contributed by atoms with Gasteiger partial charge in [-0.2, -0.15) is 5.10 Å². The molecule has 0 saturated heterocycles. The zero-order chi connectivity index (χ0) is 20.5. The van der Waals surface area contributed by atoms with E-state index in [0.717, 1.165) is 41.0 Å². The lowest BCUT2D eigenvalue weighted by atomic mass is 10.1. The number of halogens is 2. The standard InChI is InChI=1S/C23H23F2N3O/c1-15-22(16(2)28(26-15)21-8-6-18(24)7-9-21)13-23(29)27(20-10-11-20)14-17-4-3-5-19(25)12-17/h3-9,12,20H,10-11,13-14H2,1-2H3. The number of rotatable bonds is 6. The first kappa shape index (κ1) is 19.3. The van der Waals surface area contributed by atoms with Crippen molar-refractivity contribution in [3.05, 3.63) is 82.7 Å². The molecule has 4 rings (SSSR count). The number of aryl methyl sites for hydroxylation is 1. The molecule has 1 fully saturated rings. The minimum absolute atomic E-state index is 0.0154. The molecule has 1 heterocycles. The highest BCUT2D eigenvalue weighted by Crippen LogP contribution is 2.30. The van der Waals surface area contributed by atoms with Crippen molar-refractivity contribution in [3.63, 3.8) is 0 Å². The van der Waals surface area contributed by atoms with E-state index in [1.807, 2.05) is 24.8 Å². The molecule has 4 nitrogen and oxygen atoms in total. The molecule has 0 atom stereocenters. The number of carbonyl (C=O) groups excluding carboxylic acids is 1. The Labute approximate surface area is 168 Å². The van der Waals surface area contributed by atoms with Crippen molar-refractivity contribution < 1.29 is 13.6 Å². The third-order valence-electron chi connectivity index (χ3n) is 5.39. The zero-order valence-electron chi connectivity index (χ0n) is 16.5. The highest BCUT2D eigenvalue weighted by atomic mass is 19.1. The van der Waals surface area contributed by atoms with Crippen LogP contribution in [0.5, 0.6) is 0 Å². The van der Waals surface area contributed by atoms with E-state index in [4.69, 9.17) is 0 Å². The number of hydrogen-bond donors (Lipinski definition) is 0. The van der Waals surface area contributed by atoms with E-state index >= 15 is 0 Å². The van der Waals surface area contributed by atoms with Gasteiger partial charge in [0, 0.05) is 23.8 Å². The highest BCUT2D eigenvalue weighted by Gasteiger charge is 2.33. The fraction of sp³-hybridized carbons (Fsp3) is 0.304. The fourth-order valence-electron chi connectivity index (χ4n) is 3.66. The molecule has 1 amide bonds. The molecule has 0 aliphatic heterocycles. The summed E-state index contributed by atoms with van der Waals surface area (Å²) in [5.41, 5.74) is 4.07. The molecule has 2 aromatic carbocycles. The van der Waals surface area contributed by atoms with Crippen LogP contribution in [-0.4, -0.2) is 26.6 Å². The number of hydrogen-bond acceptors (Lipinski definition) is 2. The third-order valence-corrected chi connectivity index (χ3v) is 5.39. The summed E-state index contributed by atoms with van der Waals surface area (Å²) in [7, 11) is 0. The van der Waals surface area contributed by atoms with E-state index in [2.05, 4.69) is 5.10 Å². The molecular formula is C23H23F2N3O. The fourth-order valence-corrected chi connectivity index (χ4v) is 3.66. The van der Waals surface area contributed by atoms with Crippen molar-refractivity contribution in [1.82, 2.24) is 14.7 Å². The maximum absolute atomic E-state index is 13.5. The van der Waals surface area contributed by atoms with Crippen LogP contribution in [0, 0.1) is 25.5 Å². The lowest BCUT2D eigenvalue weighted by Crippen LogP contribution is -2.34. The first-order valence-corrected chi connectivity index (χ1v) is 9.77. The molecule has 1 saturated carbocycles. The molecule has 29 heavy (non-hydrogen) atoms. The predicted octanol–water partition coefficient (Wildman–Crippen LogP) is 4.50. The van der Waals surface area contributed by atoms with Crippen LogP contribution in [0.25, 0.3) is 5.69 Å². The van der Waals surface area contributed by atoms with Crippen molar-refractivity contribution in [2.75, 3.05) is 0 Å². The average molecular weight is 395 g/mol. The van der Waals surface area contributed by atoms with Gasteiger partial charge in [-0.05, 0) is 68.7 Å². The smallest absolute Gasteiger partial charge is 0.227 e. The van der Waals surface area contributed by atoms with Crippen LogP contribution >= 0.6 is 0 Å². The molecule has 0 radical (unpaired) electrons. The van der Waals surface area contributed by atoms with Crippen LogP contribution in [0.3, 0.4) is 0 Å². The van der Waals surface area contributed by atoms with Gasteiger partial charge in [0.25, 0.3) is 0 Å². The molecule has 1 aliphatic carbocycles. The van der Waals surface area contributed by atoms with E-state index in [1.54, 1.807) is 22.9 Å². The maximum Gasteiger partial charge on any atom is 0.227 e. The van der Waals surface area contributed by atoms with Gasteiger partial charge < -0.3 is 4.90 Å². The van der Waals surface area contributed by atoms with Crippen LogP contribution < -0.4 is 0 Å². The van der Waals surface area contributed by atoms with E-state index < -0.39 is 0 Å². The molecule has 0 bridgehead atoms. The monoisotopic (exact) mass is 395 g/mol. The Kier molecular flexibility index (Phi) is 5.18. The van der Waals surface area contributed by atoms with Crippen molar-refractivity contribution in [2.45, 2.75) is 45.7 Å². The van der Waals surface area contributed by atoms with Gasteiger partial charge in [-0.25, -0.2) is 13.5 Å². The topological polar surface area (TPSA) is 38.1 Å². The van der Waals surface area contributed by atoms with Gasteiger partial charge >= 0.3 is 0 Å². The van der Waals surface area contributed by atoms with E-state index in [0.29, 0.717) is 6.54 Å². The lowest BCUT2D eigenvalue weighted by Gasteiger charge is -2.23. The predicted molar refractivity (Wildman–Crippen MR) is 107 cm³/mol. The van der Waals surface area contributed by atoms with Crippen molar-refractivity contribution in [2.24, 2.45) is 0 Å². The molecule has 0 unspecified atom stereocenters. The molecule has 0 spiro atoms. The summed E-state index contributed by atoms with van der Waals surface area (Å²) in [5.74, 6) is -0.581. The number of benzene rings is 2. The molecule has 1 aliphatic rings. The second-order valence-electron chi connectivity index (χ2n) is 7.60. The SMILES string of the molecule is Cc1nn(-c2ccc(F)cc2)c(C)c1CC(=O)N(Cc1cccc(F)c1)C1CC1. The largest absolute Gasteiger partial charge is 0.335 e. The second-order valence-corrected chi connectivity index (χ2v) is 7.60. The van der Waals surface area contributed by atoms with Gasteiger partial charge in [-0.3, -0.25) is 4.79 Å². The molecule has 0 N–H and O–H groups in total. The van der Waals surface area contributed by atoms with E-state index in [9.17, 15) is 13.6 Å². The molecule has 150 valence electrons. The highest BCUT2D eigenvalue weighted by molar-refractivity contribution is 5.80. The average Bonchev–Trinajstić information content (AvgIpc) is 3.49. The maximum atomic E-state index is 13.5. The van der Waals surface area contributed by atoms with Gasteiger partial charge in [0.1, 0.15) is 11.6 Å². The summed E-state index contributed by atoms with van der Waals surface area (Å²) < 4.78 is 28.5. The Hall–Kier alpha value is -3.02. The third kappa shape index (κ3) is 4.21. The lowest BCUT2D eigenvalue weighted by molar-refractivity contribution is -0.131. The normalized spacial score (nSPS) is 13.5. The first-order valence-electron chi connectivity index (χ1n) is 9.77. The van der Waals surface area contributed by atoms with Crippen LogP contribution in [0.2, 0.25) is 0 Å². The van der Waals surface area contributed by atoms with Crippen LogP contribution in [-0.2, 0) is 17.8 Å². The summed E-state index contributed by atoms with van der Waals surface area (Å²) in [4.78, 5) is 15.0. The minimum atomic E-state index is -0.303. The molecular weight excluding hydrogens is 372 g/mol. The number of nitrogens with zero attached hydrogens (tertiary/aromatic N) is 3. The summed E-state index contributed by atoms with van der Waals surface area (Å²) >= 11 is 0. The zero-order valence-corrected chi connectivity index (χ0v) is 16.5. The van der Waals surface area contributed by atoms with Crippen molar-refractivity contribution >= 4 is 5.91 Å². The van der Waals surface area contributed by atoms with Crippen LogP contribution in [0.15, 0.2) is 48.5 Å². The number of amides is 1. The Balaban J connectivity index is 1.56. The summed E-state index contributed by atoms with van der Waals surface area (Å²) in [6.07, 6.45) is 2.20. The number of aromatic nitrogens is 2. The second kappa shape index (κ2) is 7.78. The molecule has 1 aromatic heterocycles. The van der Waals surface area contributed by atoms with Gasteiger partial charge in [0.2, 0.25) is 5.91 Å². The van der Waals surface area contributed by atoms with Gasteiger partial charge in [0.05, 0.1) is 17.8 Å². The minimum Gasteiger partial charge on any atom is -0.335 e. The summed E-state index contributed by atoms with van der Waals surface area (Å²) in [5, 5.41) is 4.55. The Bertz CT molecular complexity index is 1040. The number of carbonyl (C=O) groups is 1. The summed E-state index contributed by atoms with van der Waals surface area (Å²) in [6, 6.07) is 12.7. The Morgan fingerprint density at radius 2 is 1.83 bits per heavy atom. The molecule has 6 heteroatoms. The van der Waals surface area contributed by atoms with Crippen molar-refractivity contribution in [3.8, 4) is 5.69 Å². The van der Waals surface area contributed by atoms with E-state index in [-0.39, 0.29) is 30.0 Å². The van der Waals surface area contributed by atoms with Gasteiger partial charge in [-0.1, -0.05) is 12.1 Å². The van der Waals surface area contributed by atoms with Crippen molar-refractivity contribution in [1.29, 1.82) is 0 Å². The van der Waals surface area contributed by atoms with Crippen LogP contribution in [0.4, 0.5) is 8.78 Å². The molecule has 3 aromatic rings. The van der Waals surface area contributed by atoms with Crippen LogP contribution in [0.1, 0.15) is 35.4 Å². The first-order chi connectivity index (χ1) is 13.9. The Morgan fingerprint density at radius 3 is 2.48 bits per heavy atom. The summed E-state index contributed by atoms with van der Waals surface area (Å²) in [6.45, 7) is 4.20. The Morgan fingerprint density at radius 1 is 1.10 bits per heavy atom. The van der Waals surface area contributed by atoms with E-state index in [1.165, 1.54) is 24.3 Å². The van der Waals surface area contributed by atoms with Gasteiger partial charge in [-0.15, -0.1) is 0 Å². The van der Waals surface area contributed by atoms with Gasteiger partial charge in [0.15, 0.2) is 0 Å². The quantitative estimate of drug-likeness (QED) is 0.616.